The van der Waals surface area contributed by atoms with Crippen molar-refractivity contribution in [2.75, 3.05) is 0 Å². The topological polar surface area (TPSA) is 34.1 Å². The SMILES string of the molecule is CCCC(=O)C1C(C)C=CC(=O)C1(C)C. The molecule has 0 fully saturated rings. The lowest BCUT2D eigenvalue weighted by atomic mass is 9.64. The molecule has 0 aromatic rings. The average molecular weight is 208 g/mol. The average Bonchev–Trinajstić information content (AvgIpc) is 2.12. The number of hydrogen-bond donors (Lipinski definition) is 0. The molecular formula is C13H20O2. The standard InChI is InChI=1S/C13H20O2/c1-5-6-10(14)12-9(2)7-8-11(15)13(12,3)4/h7-9,12H,5-6H2,1-4H3. The minimum atomic E-state index is -0.527. The van der Waals surface area contributed by atoms with Gasteiger partial charge in [-0.3, -0.25) is 9.59 Å². The van der Waals surface area contributed by atoms with Crippen LogP contribution in [0.3, 0.4) is 0 Å². The highest BCUT2D eigenvalue weighted by Crippen LogP contribution is 2.39. The number of rotatable bonds is 3. The number of ketones is 2. The molecule has 0 N–H and O–H groups in total. The summed E-state index contributed by atoms with van der Waals surface area (Å²) in [6, 6.07) is 0. The summed E-state index contributed by atoms with van der Waals surface area (Å²) in [6.45, 7) is 7.78. The van der Waals surface area contributed by atoms with E-state index in [1.807, 2.05) is 33.8 Å². The predicted molar refractivity (Wildman–Crippen MR) is 60.5 cm³/mol. The molecule has 2 unspecified atom stereocenters. The van der Waals surface area contributed by atoms with Gasteiger partial charge in [-0.15, -0.1) is 0 Å². The molecule has 0 heterocycles. The van der Waals surface area contributed by atoms with Gasteiger partial charge in [-0.2, -0.15) is 0 Å². The Kier molecular flexibility index (Phi) is 3.48. The second-order valence-electron chi connectivity index (χ2n) is 5.00. The van der Waals surface area contributed by atoms with Crippen LogP contribution in [0.15, 0.2) is 12.2 Å². The van der Waals surface area contributed by atoms with Gasteiger partial charge in [0.2, 0.25) is 0 Å². The largest absolute Gasteiger partial charge is 0.299 e. The molecule has 1 aliphatic rings. The van der Waals surface area contributed by atoms with Crippen molar-refractivity contribution in [2.24, 2.45) is 17.3 Å². The van der Waals surface area contributed by atoms with Gasteiger partial charge >= 0.3 is 0 Å². The molecule has 0 saturated carbocycles. The quantitative estimate of drug-likeness (QED) is 0.714. The van der Waals surface area contributed by atoms with E-state index in [4.69, 9.17) is 0 Å². The van der Waals surface area contributed by atoms with E-state index in [0.717, 1.165) is 6.42 Å². The number of carbonyl (C=O) groups is 2. The fraction of sp³-hybridized carbons (Fsp3) is 0.692. The molecule has 0 saturated heterocycles. The Labute approximate surface area is 91.7 Å². The third kappa shape index (κ3) is 2.19. The summed E-state index contributed by atoms with van der Waals surface area (Å²) in [4.78, 5) is 23.7. The second-order valence-corrected chi connectivity index (χ2v) is 5.00. The van der Waals surface area contributed by atoms with Crippen LogP contribution in [0.5, 0.6) is 0 Å². The van der Waals surface area contributed by atoms with Crippen molar-refractivity contribution in [3.05, 3.63) is 12.2 Å². The Morgan fingerprint density at radius 2 is 2.07 bits per heavy atom. The fourth-order valence-electron chi connectivity index (χ4n) is 2.47. The Hall–Kier alpha value is -0.920. The summed E-state index contributed by atoms with van der Waals surface area (Å²) in [5.41, 5.74) is -0.527. The molecule has 2 nitrogen and oxygen atoms in total. The van der Waals surface area contributed by atoms with Crippen molar-refractivity contribution in [2.45, 2.75) is 40.5 Å². The zero-order chi connectivity index (χ0) is 11.6. The first-order valence-electron chi connectivity index (χ1n) is 5.66. The summed E-state index contributed by atoms with van der Waals surface area (Å²) in [5, 5.41) is 0. The van der Waals surface area contributed by atoms with Crippen molar-refractivity contribution >= 4 is 11.6 Å². The summed E-state index contributed by atoms with van der Waals surface area (Å²) in [7, 11) is 0. The lowest BCUT2D eigenvalue weighted by Gasteiger charge is -2.37. The van der Waals surface area contributed by atoms with Crippen LogP contribution in [0.4, 0.5) is 0 Å². The van der Waals surface area contributed by atoms with E-state index in [2.05, 4.69) is 0 Å². The van der Waals surface area contributed by atoms with Gasteiger partial charge in [0.15, 0.2) is 5.78 Å². The van der Waals surface area contributed by atoms with Crippen molar-refractivity contribution in [3.8, 4) is 0 Å². The maximum atomic E-state index is 12.0. The van der Waals surface area contributed by atoms with E-state index in [-0.39, 0.29) is 23.4 Å². The Bertz CT molecular complexity index is 300. The molecule has 2 atom stereocenters. The van der Waals surface area contributed by atoms with Gasteiger partial charge < -0.3 is 0 Å². The van der Waals surface area contributed by atoms with Gasteiger partial charge in [0.1, 0.15) is 5.78 Å². The van der Waals surface area contributed by atoms with Crippen LogP contribution in [0.25, 0.3) is 0 Å². The predicted octanol–water partition coefficient (Wildman–Crippen LogP) is 2.77. The van der Waals surface area contributed by atoms with Gasteiger partial charge in [-0.1, -0.05) is 33.8 Å². The summed E-state index contributed by atoms with van der Waals surface area (Å²) >= 11 is 0. The van der Waals surface area contributed by atoms with Crippen LogP contribution in [-0.4, -0.2) is 11.6 Å². The van der Waals surface area contributed by atoms with Gasteiger partial charge in [0.25, 0.3) is 0 Å². The number of carbonyl (C=O) groups excluding carboxylic acids is 2. The smallest absolute Gasteiger partial charge is 0.161 e. The first-order chi connectivity index (χ1) is 6.91. The third-order valence-electron chi connectivity index (χ3n) is 3.33. The number of Topliss-reactive ketones (excluding diaryl/α,β-unsaturated/α-hetero) is 1. The van der Waals surface area contributed by atoms with Crippen LogP contribution < -0.4 is 0 Å². The second kappa shape index (κ2) is 4.30. The zero-order valence-electron chi connectivity index (χ0n) is 10.0. The third-order valence-corrected chi connectivity index (χ3v) is 3.33. The minimum absolute atomic E-state index is 0.0788. The van der Waals surface area contributed by atoms with Crippen molar-refractivity contribution in [3.63, 3.8) is 0 Å². The molecule has 2 heteroatoms. The van der Waals surface area contributed by atoms with E-state index in [9.17, 15) is 9.59 Å². The molecule has 1 aliphatic carbocycles. The van der Waals surface area contributed by atoms with Crippen LogP contribution >= 0.6 is 0 Å². The minimum Gasteiger partial charge on any atom is -0.299 e. The molecule has 0 aliphatic heterocycles. The lowest BCUT2D eigenvalue weighted by Crippen LogP contribution is -2.42. The van der Waals surface area contributed by atoms with Gasteiger partial charge in [0.05, 0.1) is 0 Å². The van der Waals surface area contributed by atoms with Crippen molar-refractivity contribution < 1.29 is 9.59 Å². The van der Waals surface area contributed by atoms with Gasteiger partial charge in [0, 0.05) is 17.8 Å². The zero-order valence-corrected chi connectivity index (χ0v) is 10.0. The summed E-state index contributed by atoms with van der Waals surface area (Å²) in [6.07, 6.45) is 4.93. The van der Waals surface area contributed by atoms with Crippen LogP contribution in [0.2, 0.25) is 0 Å². The molecule has 15 heavy (non-hydrogen) atoms. The Morgan fingerprint density at radius 3 is 2.60 bits per heavy atom. The Morgan fingerprint density at radius 1 is 1.47 bits per heavy atom. The number of allylic oxidation sites excluding steroid dienone is 2. The highest BCUT2D eigenvalue weighted by molar-refractivity contribution is 6.00. The maximum absolute atomic E-state index is 12.0. The molecule has 1 rings (SSSR count). The van der Waals surface area contributed by atoms with Crippen LogP contribution in [-0.2, 0) is 9.59 Å². The summed E-state index contributed by atoms with van der Waals surface area (Å²) in [5.74, 6) is 0.342. The molecule has 0 aromatic carbocycles. The van der Waals surface area contributed by atoms with E-state index in [1.54, 1.807) is 6.08 Å². The molecule has 0 bridgehead atoms. The van der Waals surface area contributed by atoms with E-state index in [0.29, 0.717) is 6.42 Å². The molecular weight excluding hydrogens is 188 g/mol. The van der Waals surface area contributed by atoms with Crippen molar-refractivity contribution in [1.29, 1.82) is 0 Å². The molecule has 84 valence electrons. The highest BCUT2D eigenvalue weighted by atomic mass is 16.1. The molecule has 0 amide bonds. The van der Waals surface area contributed by atoms with E-state index >= 15 is 0 Å². The van der Waals surface area contributed by atoms with Gasteiger partial charge in [-0.05, 0) is 18.4 Å². The molecule has 0 spiro atoms. The first kappa shape index (κ1) is 12.2. The number of hydrogen-bond acceptors (Lipinski definition) is 2. The summed E-state index contributed by atoms with van der Waals surface area (Å²) < 4.78 is 0. The normalized spacial score (nSPS) is 29.2. The maximum Gasteiger partial charge on any atom is 0.161 e. The van der Waals surface area contributed by atoms with Crippen LogP contribution in [0.1, 0.15) is 40.5 Å². The van der Waals surface area contributed by atoms with Gasteiger partial charge in [-0.25, -0.2) is 0 Å². The monoisotopic (exact) mass is 208 g/mol. The Balaban J connectivity index is 2.98. The fourth-order valence-corrected chi connectivity index (χ4v) is 2.47. The van der Waals surface area contributed by atoms with E-state index < -0.39 is 5.41 Å². The highest BCUT2D eigenvalue weighted by Gasteiger charge is 2.43. The lowest BCUT2D eigenvalue weighted by molar-refractivity contribution is -0.137. The van der Waals surface area contributed by atoms with E-state index in [1.165, 1.54) is 0 Å². The molecule has 0 aromatic heterocycles. The molecule has 0 radical (unpaired) electrons. The first-order valence-corrected chi connectivity index (χ1v) is 5.66. The van der Waals surface area contributed by atoms with Crippen molar-refractivity contribution in [1.82, 2.24) is 0 Å². The van der Waals surface area contributed by atoms with Crippen LogP contribution in [0, 0.1) is 17.3 Å².